The zero-order chi connectivity index (χ0) is 33.1. The van der Waals surface area contributed by atoms with Gasteiger partial charge in [-0.2, -0.15) is 0 Å². The predicted octanol–water partition coefficient (Wildman–Crippen LogP) is 5.42. The summed E-state index contributed by atoms with van der Waals surface area (Å²) in [5.74, 6) is 2.84. The maximum absolute atomic E-state index is 12.8. The highest BCUT2D eigenvalue weighted by Gasteiger charge is 2.79. The molecule has 7 fully saturated rings. The second-order valence-electron chi connectivity index (χ2n) is 16.8. The van der Waals surface area contributed by atoms with Crippen molar-refractivity contribution in [1.82, 2.24) is 9.80 Å². The molecule has 11 atom stereocenters. The van der Waals surface area contributed by atoms with Gasteiger partial charge in [-0.1, -0.05) is 20.8 Å². The van der Waals surface area contributed by atoms with Gasteiger partial charge in [0.1, 0.15) is 6.61 Å². The first-order chi connectivity index (χ1) is 22.5. The number of methoxy groups -OCH3 is 1. The summed E-state index contributed by atoms with van der Waals surface area (Å²) in [6.07, 6.45) is 14.2. The Morgan fingerprint density at radius 3 is 2.62 bits per heavy atom. The molecule has 5 aliphatic carbocycles. The van der Waals surface area contributed by atoms with Crippen molar-refractivity contribution < 1.29 is 33.3 Å². The number of morpholine rings is 1. The molecule has 11 unspecified atom stereocenters. The van der Waals surface area contributed by atoms with E-state index in [9.17, 15) is 9.59 Å². The third kappa shape index (κ3) is 5.67. The largest absolute Gasteiger partial charge is 0.499 e. The Morgan fingerprint density at radius 2 is 1.85 bits per heavy atom. The van der Waals surface area contributed by atoms with Crippen LogP contribution in [0.3, 0.4) is 0 Å². The first-order valence-corrected chi connectivity index (χ1v) is 18.8. The zero-order valence-electron chi connectivity index (χ0n) is 29.8. The molecular formula is C38H60N2O7. The average molecular weight is 657 g/mol. The monoisotopic (exact) mass is 656 g/mol. The lowest BCUT2D eigenvalue weighted by Crippen LogP contribution is -2.52. The molecule has 9 nitrogen and oxygen atoms in total. The molecule has 7 rings (SSSR count). The lowest BCUT2D eigenvalue weighted by molar-refractivity contribution is -0.206. The molecule has 264 valence electrons. The van der Waals surface area contributed by atoms with E-state index in [1.807, 2.05) is 37.0 Å². The molecule has 2 saturated heterocycles. The fraction of sp³-hybridized carbons (Fsp3) is 0.895. The minimum Gasteiger partial charge on any atom is -0.499 e. The number of nitrogens with zero attached hydrogens (tertiary/aromatic N) is 2. The van der Waals surface area contributed by atoms with Gasteiger partial charge in [-0.3, -0.25) is 9.59 Å². The van der Waals surface area contributed by atoms with Crippen molar-refractivity contribution in [3.63, 3.8) is 0 Å². The Morgan fingerprint density at radius 1 is 1.04 bits per heavy atom. The molecule has 0 N–H and O–H groups in total. The van der Waals surface area contributed by atoms with E-state index in [0.717, 1.165) is 24.7 Å². The SMILES string of the molecule is COCCO/C=C1\C(OC2CN(C(=O)C(C)C)CCO2)CCC23CC24CCC2(C)C5CCC(CN(C)C(C)=O)OC5CC2C4CCC13. The third-order valence-electron chi connectivity index (χ3n) is 14.5. The highest BCUT2D eigenvalue weighted by molar-refractivity contribution is 5.78. The van der Waals surface area contributed by atoms with Crippen LogP contribution in [0.5, 0.6) is 0 Å². The van der Waals surface area contributed by atoms with E-state index in [2.05, 4.69) is 6.92 Å². The second-order valence-corrected chi connectivity index (χ2v) is 16.8. The molecule has 47 heavy (non-hydrogen) atoms. The van der Waals surface area contributed by atoms with E-state index in [-0.39, 0.29) is 29.9 Å². The van der Waals surface area contributed by atoms with Crippen LogP contribution in [-0.4, -0.2) is 99.8 Å². The number of ether oxygens (including phenoxy) is 5. The van der Waals surface area contributed by atoms with E-state index in [1.165, 1.54) is 56.9 Å². The van der Waals surface area contributed by atoms with E-state index in [4.69, 9.17) is 23.7 Å². The Balaban J connectivity index is 1.07. The maximum Gasteiger partial charge on any atom is 0.225 e. The molecule has 9 heteroatoms. The number of rotatable bonds is 9. The molecule has 0 aromatic rings. The van der Waals surface area contributed by atoms with Crippen molar-refractivity contribution in [2.45, 2.75) is 117 Å². The molecule has 0 bridgehead atoms. The van der Waals surface area contributed by atoms with Crippen LogP contribution in [-0.2, 0) is 33.3 Å². The minimum absolute atomic E-state index is 0.0308. The van der Waals surface area contributed by atoms with Crippen molar-refractivity contribution in [3.05, 3.63) is 11.8 Å². The van der Waals surface area contributed by atoms with Gasteiger partial charge in [0.2, 0.25) is 11.8 Å². The fourth-order valence-electron chi connectivity index (χ4n) is 12.1. The van der Waals surface area contributed by atoms with Gasteiger partial charge in [0.25, 0.3) is 0 Å². The van der Waals surface area contributed by atoms with Gasteiger partial charge in [-0.05, 0) is 110 Å². The number of likely N-dealkylation sites (N-methyl/N-ethyl adjacent to an activating group) is 1. The van der Waals surface area contributed by atoms with Crippen molar-refractivity contribution in [2.75, 3.05) is 53.6 Å². The number of carbonyl (C=O) groups excluding carboxylic acids is 2. The zero-order valence-corrected chi connectivity index (χ0v) is 29.8. The van der Waals surface area contributed by atoms with E-state index < -0.39 is 6.29 Å². The number of carbonyl (C=O) groups is 2. The van der Waals surface area contributed by atoms with Gasteiger partial charge >= 0.3 is 0 Å². The Kier molecular flexibility index (Phi) is 9.27. The Labute approximate surface area is 282 Å². The summed E-state index contributed by atoms with van der Waals surface area (Å²) >= 11 is 0. The Bertz CT molecular complexity index is 1220. The van der Waals surface area contributed by atoms with Gasteiger partial charge < -0.3 is 33.5 Å². The number of hydrogen-bond acceptors (Lipinski definition) is 7. The smallest absolute Gasteiger partial charge is 0.225 e. The quantitative estimate of drug-likeness (QED) is 0.242. The maximum atomic E-state index is 12.8. The molecule has 0 aromatic heterocycles. The first kappa shape index (κ1) is 33.8. The highest BCUT2D eigenvalue weighted by Crippen LogP contribution is 2.86. The predicted molar refractivity (Wildman–Crippen MR) is 177 cm³/mol. The summed E-state index contributed by atoms with van der Waals surface area (Å²) in [6.45, 7) is 11.6. The summed E-state index contributed by atoms with van der Waals surface area (Å²) in [5, 5.41) is 0. The molecule has 7 aliphatic rings. The second kappa shape index (κ2) is 12.9. The number of amides is 2. The van der Waals surface area contributed by atoms with E-state index >= 15 is 0 Å². The minimum atomic E-state index is -0.409. The van der Waals surface area contributed by atoms with Crippen LogP contribution in [0.1, 0.15) is 91.9 Å². The van der Waals surface area contributed by atoms with Crippen molar-refractivity contribution in [1.29, 1.82) is 0 Å². The normalized spacial score (nSPS) is 44.6. The molecule has 5 saturated carbocycles. The van der Waals surface area contributed by atoms with Gasteiger partial charge in [0.15, 0.2) is 6.29 Å². The highest BCUT2D eigenvalue weighted by atomic mass is 16.7. The van der Waals surface area contributed by atoms with Crippen LogP contribution in [0.15, 0.2) is 11.8 Å². The van der Waals surface area contributed by atoms with Crippen LogP contribution in [0, 0.1) is 45.8 Å². The van der Waals surface area contributed by atoms with Crippen molar-refractivity contribution in [3.8, 4) is 0 Å². The lowest BCUT2D eigenvalue weighted by atomic mass is 9.49. The standard InChI is InChI=1S/C38H60N2O7/c1-24(2)35(42)40-15-16-45-34(21-40)47-32-11-12-37-23-38(37)14-13-36(4)30-8-7-26(20-39(5)25(3)41)46-33(30)19-31(36)29(38)10-9-28(37)27(32)22-44-18-17-43-6/h22,24,26,28-34H,7-21,23H2,1-6H3/b27-22-. The van der Waals surface area contributed by atoms with Gasteiger partial charge in [-0.25, -0.2) is 0 Å². The van der Waals surface area contributed by atoms with Crippen LogP contribution < -0.4 is 0 Å². The number of fused-ring (bicyclic) bond motifs is 4. The summed E-state index contributed by atoms with van der Waals surface area (Å²) < 4.78 is 31.2. The molecule has 0 aromatic carbocycles. The van der Waals surface area contributed by atoms with Crippen LogP contribution in [0.4, 0.5) is 0 Å². The van der Waals surface area contributed by atoms with Crippen LogP contribution in [0.2, 0.25) is 0 Å². The first-order valence-electron chi connectivity index (χ1n) is 18.8. The molecule has 0 radical (unpaired) electrons. The van der Waals surface area contributed by atoms with Gasteiger partial charge in [0.05, 0.1) is 44.3 Å². The van der Waals surface area contributed by atoms with E-state index in [1.54, 1.807) is 14.0 Å². The average Bonchev–Trinajstić information content (AvgIpc) is 3.63. The molecule has 2 aliphatic heterocycles. The molecule has 2 heterocycles. The fourth-order valence-corrected chi connectivity index (χ4v) is 12.1. The van der Waals surface area contributed by atoms with Gasteiger partial charge in [0, 0.05) is 40.1 Å². The summed E-state index contributed by atoms with van der Waals surface area (Å²) in [5.41, 5.74) is 2.42. The molecular weight excluding hydrogens is 596 g/mol. The molecule has 2 spiro atoms. The third-order valence-corrected chi connectivity index (χ3v) is 14.5. The summed E-state index contributed by atoms with van der Waals surface area (Å²) in [6, 6.07) is 0. The van der Waals surface area contributed by atoms with E-state index in [0.29, 0.717) is 73.6 Å². The Hall–Kier alpha value is -1.68. The van der Waals surface area contributed by atoms with Crippen LogP contribution in [0.25, 0.3) is 0 Å². The molecule has 2 amide bonds. The van der Waals surface area contributed by atoms with Crippen molar-refractivity contribution in [2.24, 2.45) is 45.8 Å². The van der Waals surface area contributed by atoms with Crippen molar-refractivity contribution >= 4 is 11.8 Å². The van der Waals surface area contributed by atoms with Crippen LogP contribution >= 0.6 is 0 Å². The lowest BCUT2D eigenvalue weighted by Gasteiger charge is -2.56. The van der Waals surface area contributed by atoms with Gasteiger partial charge in [-0.15, -0.1) is 0 Å². The topological polar surface area (TPSA) is 86.8 Å². The number of hydrogen-bond donors (Lipinski definition) is 0. The summed E-state index contributed by atoms with van der Waals surface area (Å²) in [7, 11) is 3.61. The summed E-state index contributed by atoms with van der Waals surface area (Å²) in [4.78, 5) is 28.5.